The second-order valence-electron chi connectivity index (χ2n) is 3.61. The van der Waals surface area contributed by atoms with Crippen molar-refractivity contribution in [3.8, 4) is 12.3 Å². The third-order valence-electron chi connectivity index (χ3n) is 2.78. The zero-order valence-corrected chi connectivity index (χ0v) is 9.36. The van der Waals surface area contributed by atoms with Crippen molar-refractivity contribution in [1.29, 1.82) is 0 Å². The summed E-state index contributed by atoms with van der Waals surface area (Å²) in [7, 11) is 0. The van der Waals surface area contributed by atoms with E-state index in [4.69, 9.17) is 6.42 Å². The van der Waals surface area contributed by atoms with Crippen molar-refractivity contribution in [3.63, 3.8) is 0 Å². The first-order valence-corrected chi connectivity index (χ1v) is 6.35. The second kappa shape index (κ2) is 5.57. The van der Waals surface area contributed by atoms with Crippen LogP contribution < -0.4 is 5.32 Å². The molecule has 0 aromatic carbocycles. The Labute approximate surface area is 86.1 Å². The third kappa shape index (κ3) is 2.93. The fourth-order valence-electron chi connectivity index (χ4n) is 1.94. The molecule has 0 bridgehead atoms. The number of terminal acetylenes is 1. The predicted octanol–water partition coefficient (Wildman–Crippen LogP) is 2.27. The van der Waals surface area contributed by atoms with E-state index in [2.05, 4.69) is 24.4 Å². The Morgan fingerprint density at radius 2 is 2.38 bits per heavy atom. The molecule has 1 rings (SSSR count). The van der Waals surface area contributed by atoms with Crippen LogP contribution in [0.4, 0.5) is 0 Å². The first kappa shape index (κ1) is 10.9. The van der Waals surface area contributed by atoms with Crippen LogP contribution in [0, 0.1) is 12.3 Å². The minimum Gasteiger partial charge on any atom is -0.300 e. The van der Waals surface area contributed by atoms with E-state index < -0.39 is 0 Å². The average molecular weight is 197 g/mol. The highest BCUT2D eigenvalue weighted by Crippen LogP contribution is 2.28. The van der Waals surface area contributed by atoms with Crippen LogP contribution in [0.15, 0.2) is 0 Å². The zero-order chi connectivity index (χ0) is 9.68. The van der Waals surface area contributed by atoms with Crippen LogP contribution in [0.25, 0.3) is 0 Å². The van der Waals surface area contributed by atoms with Crippen molar-refractivity contribution in [2.45, 2.75) is 49.9 Å². The van der Waals surface area contributed by atoms with E-state index in [0.29, 0.717) is 6.04 Å². The Kier molecular flexibility index (Phi) is 4.69. The topological polar surface area (TPSA) is 12.0 Å². The van der Waals surface area contributed by atoms with Gasteiger partial charge in [-0.15, -0.1) is 6.42 Å². The molecule has 1 saturated carbocycles. The number of thioether (sulfide) groups is 1. The van der Waals surface area contributed by atoms with Crippen molar-refractivity contribution < 1.29 is 0 Å². The standard InChI is InChI=1S/C11H19NS/c1-4-9(5-2)12-10-7-6-8-11(10)13-3/h1,9-12H,5-8H2,2-3H3. The molecule has 1 fully saturated rings. The lowest BCUT2D eigenvalue weighted by molar-refractivity contribution is 0.483. The van der Waals surface area contributed by atoms with E-state index in [1.165, 1.54) is 19.3 Å². The molecule has 0 amide bonds. The Morgan fingerprint density at radius 1 is 1.62 bits per heavy atom. The van der Waals surface area contributed by atoms with Gasteiger partial charge >= 0.3 is 0 Å². The number of hydrogen-bond donors (Lipinski definition) is 1. The van der Waals surface area contributed by atoms with Crippen LogP contribution in [0.3, 0.4) is 0 Å². The summed E-state index contributed by atoms with van der Waals surface area (Å²) in [6.45, 7) is 2.14. The molecule has 13 heavy (non-hydrogen) atoms. The summed E-state index contributed by atoms with van der Waals surface area (Å²) in [4.78, 5) is 0. The van der Waals surface area contributed by atoms with Gasteiger partial charge in [0.1, 0.15) is 0 Å². The Morgan fingerprint density at radius 3 is 2.92 bits per heavy atom. The largest absolute Gasteiger partial charge is 0.300 e. The summed E-state index contributed by atoms with van der Waals surface area (Å²) in [5.74, 6) is 2.80. The fourth-order valence-corrected chi connectivity index (χ4v) is 2.89. The quantitative estimate of drug-likeness (QED) is 0.694. The van der Waals surface area contributed by atoms with E-state index in [9.17, 15) is 0 Å². The molecule has 0 spiro atoms. The summed E-state index contributed by atoms with van der Waals surface area (Å²) < 4.78 is 0. The molecule has 1 aliphatic carbocycles. The fraction of sp³-hybridized carbons (Fsp3) is 0.818. The Hall–Kier alpha value is -0.130. The molecule has 1 aliphatic rings. The summed E-state index contributed by atoms with van der Waals surface area (Å²) in [5, 5.41) is 4.34. The maximum atomic E-state index is 5.43. The van der Waals surface area contributed by atoms with E-state index in [-0.39, 0.29) is 6.04 Å². The Balaban J connectivity index is 2.39. The van der Waals surface area contributed by atoms with Crippen LogP contribution in [0.1, 0.15) is 32.6 Å². The lowest BCUT2D eigenvalue weighted by Crippen LogP contribution is -2.40. The molecule has 0 aliphatic heterocycles. The van der Waals surface area contributed by atoms with Crippen molar-refractivity contribution in [2.24, 2.45) is 0 Å². The second-order valence-corrected chi connectivity index (χ2v) is 4.68. The minimum atomic E-state index is 0.276. The molecule has 1 N–H and O–H groups in total. The van der Waals surface area contributed by atoms with Crippen molar-refractivity contribution in [3.05, 3.63) is 0 Å². The van der Waals surface area contributed by atoms with Gasteiger partial charge in [0.15, 0.2) is 0 Å². The van der Waals surface area contributed by atoms with E-state index >= 15 is 0 Å². The number of hydrogen-bond acceptors (Lipinski definition) is 2. The van der Waals surface area contributed by atoms with Crippen molar-refractivity contribution in [2.75, 3.05) is 6.26 Å². The average Bonchev–Trinajstić information content (AvgIpc) is 2.61. The number of nitrogens with one attached hydrogen (secondary N) is 1. The summed E-state index contributed by atoms with van der Waals surface area (Å²) in [6.07, 6.45) is 12.7. The van der Waals surface area contributed by atoms with Crippen LogP contribution in [0.2, 0.25) is 0 Å². The lowest BCUT2D eigenvalue weighted by Gasteiger charge is -2.22. The lowest BCUT2D eigenvalue weighted by atomic mass is 10.1. The van der Waals surface area contributed by atoms with E-state index in [1.807, 2.05) is 11.8 Å². The highest BCUT2D eigenvalue weighted by molar-refractivity contribution is 7.99. The normalized spacial score (nSPS) is 29.9. The first-order valence-electron chi connectivity index (χ1n) is 5.06. The molecule has 2 heteroatoms. The minimum absolute atomic E-state index is 0.276. The zero-order valence-electron chi connectivity index (χ0n) is 8.55. The smallest absolute Gasteiger partial charge is 0.0686 e. The summed E-state index contributed by atoms with van der Waals surface area (Å²) in [6, 6.07) is 0.925. The molecule has 1 nitrogen and oxygen atoms in total. The highest BCUT2D eigenvalue weighted by Gasteiger charge is 2.27. The van der Waals surface area contributed by atoms with E-state index in [1.54, 1.807) is 0 Å². The third-order valence-corrected chi connectivity index (χ3v) is 3.95. The molecular weight excluding hydrogens is 178 g/mol. The maximum Gasteiger partial charge on any atom is 0.0686 e. The molecule has 0 radical (unpaired) electrons. The highest BCUT2D eigenvalue weighted by atomic mass is 32.2. The van der Waals surface area contributed by atoms with Crippen LogP contribution in [-0.4, -0.2) is 23.6 Å². The van der Waals surface area contributed by atoms with Gasteiger partial charge < -0.3 is 0 Å². The van der Waals surface area contributed by atoms with Gasteiger partial charge in [-0.2, -0.15) is 11.8 Å². The maximum absolute atomic E-state index is 5.43. The summed E-state index contributed by atoms with van der Waals surface area (Å²) in [5.41, 5.74) is 0. The van der Waals surface area contributed by atoms with Crippen molar-refractivity contribution >= 4 is 11.8 Å². The molecule has 0 saturated heterocycles. The Bertz CT molecular complexity index is 185. The molecule has 3 atom stereocenters. The predicted molar refractivity (Wildman–Crippen MR) is 61.0 cm³/mol. The van der Waals surface area contributed by atoms with Gasteiger partial charge in [-0.25, -0.2) is 0 Å². The van der Waals surface area contributed by atoms with Gasteiger partial charge in [-0.3, -0.25) is 5.32 Å². The van der Waals surface area contributed by atoms with Gasteiger partial charge in [0.25, 0.3) is 0 Å². The number of rotatable bonds is 4. The molecule has 0 aromatic heterocycles. The molecule has 0 aromatic rings. The molecule has 0 heterocycles. The first-order chi connectivity index (χ1) is 6.31. The SMILES string of the molecule is C#CC(CC)NC1CCCC1SC. The van der Waals surface area contributed by atoms with Gasteiger partial charge in [0.2, 0.25) is 0 Å². The summed E-state index contributed by atoms with van der Waals surface area (Å²) >= 11 is 1.97. The van der Waals surface area contributed by atoms with Gasteiger partial charge in [-0.1, -0.05) is 19.3 Å². The van der Waals surface area contributed by atoms with Crippen LogP contribution in [-0.2, 0) is 0 Å². The van der Waals surface area contributed by atoms with Gasteiger partial charge in [0, 0.05) is 11.3 Å². The van der Waals surface area contributed by atoms with Crippen molar-refractivity contribution in [1.82, 2.24) is 5.32 Å². The van der Waals surface area contributed by atoms with Crippen LogP contribution in [0.5, 0.6) is 0 Å². The van der Waals surface area contributed by atoms with Gasteiger partial charge in [-0.05, 0) is 25.5 Å². The molecule has 3 unspecified atom stereocenters. The molecule has 74 valence electrons. The van der Waals surface area contributed by atoms with Gasteiger partial charge in [0.05, 0.1) is 6.04 Å². The molecular formula is C11H19NS. The van der Waals surface area contributed by atoms with Crippen LogP contribution >= 0.6 is 11.8 Å². The van der Waals surface area contributed by atoms with E-state index in [0.717, 1.165) is 11.7 Å². The monoisotopic (exact) mass is 197 g/mol.